The third-order valence-electron chi connectivity index (χ3n) is 3.28. The molecule has 3 nitrogen and oxygen atoms in total. The first-order valence-electron chi connectivity index (χ1n) is 6.26. The van der Waals surface area contributed by atoms with E-state index in [0.29, 0.717) is 0 Å². The van der Waals surface area contributed by atoms with Gasteiger partial charge < -0.3 is 15.1 Å². The van der Waals surface area contributed by atoms with Crippen LogP contribution in [0.25, 0.3) is 0 Å². The SMILES string of the molecule is CN(C)c1ccccc1N1CCNC(C)(C)C1. The largest absolute Gasteiger partial charge is 0.376 e. The molecule has 0 unspecified atom stereocenters. The molecule has 0 amide bonds. The third-order valence-corrected chi connectivity index (χ3v) is 3.28. The second-order valence-corrected chi connectivity index (χ2v) is 5.62. The van der Waals surface area contributed by atoms with E-state index in [1.807, 2.05) is 0 Å². The number of nitrogens with zero attached hydrogens (tertiary/aromatic N) is 2. The van der Waals surface area contributed by atoms with Crippen LogP contribution in [0.5, 0.6) is 0 Å². The van der Waals surface area contributed by atoms with Gasteiger partial charge in [-0.1, -0.05) is 12.1 Å². The van der Waals surface area contributed by atoms with Gasteiger partial charge in [-0.25, -0.2) is 0 Å². The lowest BCUT2D eigenvalue weighted by Crippen LogP contribution is -2.57. The predicted octanol–water partition coefficient (Wildman–Crippen LogP) is 1.94. The van der Waals surface area contributed by atoms with E-state index in [4.69, 9.17) is 0 Å². The van der Waals surface area contributed by atoms with E-state index in [9.17, 15) is 0 Å². The molecule has 0 aromatic heterocycles. The van der Waals surface area contributed by atoms with Crippen molar-refractivity contribution in [3.63, 3.8) is 0 Å². The summed E-state index contributed by atoms with van der Waals surface area (Å²) in [6.07, 6.45) is 0. The number of hydrogen-bond acceptors (Lipinski definition) is 3. The van der Waals surface area contributed by atoms with E-state index in [-0.39, 0.29) is 5.54 Å². The zero-order valence-corrected chi connectivity index (χ0v) is 11.3. The minimum atomic E-state index is 0.192. The van der Waals surface area contributed by atoms with Crippen LogP contribution in [0.15, 0.2) is 24.3 Å². The van der Waals surface area contributed by atoms with Crippen molar-refractivity contribution in [2.24, 2.45) is 0 Å². The van der Waals surface area contributed by atoms with Crippen molar-refractivity contribution in [1.82, 2.24) is 5.32 Å². The Kier molecular flexibility index (Phi) is 3.29. The Morgan fingerprint density at radius 3 is 2.59 bits per heavy atom. The van der Waals surface area contributed by atoms with Gasteiger partial charge in [0.15, 0.2) is 0 Å². The standard InChI is InChI=1S/C14H23N3/c1-14(2)11-17(10-9-15-14)13-8-6-5-7-12(13)16(3)4/h5-8,15H,9-11H2,1-4H3. The van der Waals surface area contributed by atoms with E-state index >= 15 is 0 Å². The number of benzene rings is 1. The molecule has 1 saturated heterocycles. The molecule has 17 heavy (non-hydrogen) atoms. The van der Waals surface area contributed by atoms with Gasteiger partial charge in [-0.05, 0) is 26.0 Å². The summed E-state index contributed by atoms with van der Waals surface area (Å²) in [6.45, 7) is 7.70. The van der Waals surface area contributed by atoms with Gasteiger partial charge in [-0.3, -0.25) is 0 Å². The first-order valence-corrected chi connectivity index (χ1v) is 6.26. The first kappa shape index (κ1) is 12.2. The highest BCUT2D eigenvalue weighted by molar-refractivity contribution is 5.71. The Labute approximate surface area is 104 Å². The van der Waals surface area contributed by atoms with E-state index in [2.05, 4.69) is 67.3 Å². The van der Waals surface area contributed by atoms with Crippen LogP contribution in [0.3, 0.4) is 0 Å². The molecule has 0 radical (unpaired) electrons. The van der Waals surface area contributed by atoms with Gasteiger partial charge in [-0.15, -0.1) is 0 Å². The summed E-state index contributed by atoms with van der Waals surface area (Å²) < 4.78 is 0. The van der Waals surface area contributed by atoms with Gasteiger partial charge >= 0.3 is 0 Å². The smallest absolute Gasteiger partial charge is 0.0604 e. The quantitative estimate of drug-likeness (QED) is 0.842. The molecule has 1 N–H and O–H groups in total. The first-order chi connectivity index (χ1) is 7.99. The maximum absolute atomic E-state index is 3.55. The van der Waals surface area contributed by atoms with Crippen molar-refractivity contribution in [2.75, 3.05) is 43.5 Å². The lowest BCUT2D eigenvalue weighted by atomic mass is 10.0. The summed E-state index contributed by atoms with van der Waals surface area (Å²) in [4.78, 5) is 4.66. The molecule has 1 aromatic rings. The van der Waals surface area contributed by atoms with Gasteiger partial charge in [0, 0.05) is 39.3 Å². The van der Waals surface area contributed by atoms with Gasteiger partial charge in [0.05, 0.1) is 11.4 Å². The summed E-state index contributed by atoms with van der Waals surface area (Å²) in [7, 11) is 4.21. The predicted molar refractivity (Wildman–Crippen MR) is 75.1 cm³/mol. The van der Waals surface area contributed by atoms with Gasteiger partial charge in [0.25, 0.3) is 0 Å². The molecule has 1 aliphatic heterocycles. The maximum atomic E-state index is 3.55. The molecule has 1 fully saturated rings. The van der Waals surface area contributed by atoms with Gasteiger partial charge in [0.1, 0.15) is 0 Å². The second-order valence-electron chi connectivity index (χ2n) is 5.62. The molecular formula is C14H23N3. The minimum Gasteiger partial charge on any atom is -0.376 e. The Morgan fingerprint density at radius 1 is 1.24 bits per heavy atom. The van der Waals surface area contributed by atoms with Crippen molar-refractivity contribution in [3.05, 3.63) is 24.3 Å². The van der Waals surface area contributed by atoms with Crippen molar-refractivity contribution in [2.45, 2.75) is 19.4 Å². The average molecular weight is 233 g/mol. The van der Waals surface area contributed by atoms with E-state index in [0.717, 1.165) is 19.6 Å². The Balaban J connectivity index is 2.27. The van der Waals surface area contributed by atoms with Crippen LogP contribution in [0, 0.1) is 0 Å². The van der Waals surface area contributed by atoms with Crippen molar-refractivity contribution in [1.29, 1.82) is 0 Å². The van der Waals surface area contributed by atoms with E-state index in [1.165, 1.54) is 11.4 Å². The number of anilines is 2. The molecule has 0 saturated carbocycles. The summed E-state index contributed by atoms with van der Waals surface area (Å²) in [5.74, 6) is 0. The van der Waals surface area contributed by atoms with Crippen LogP contribution in [0.1, 0.15) is 13.8 Å². The van der Waals surface area contributed by atoms with Gasteiger partial charge in [-0.2, -0.15) is 0 Å². The fourth-order valence-electron chi connectivity index (χ4n) is 2.46. The van der Waals surface area contributed by atoms with Crippen molar-refractivity contribution >= 4 is 11.4 Å². The highest BCUT2D eigenvalue weighted by Gasteiger charge is 2.26. The van der Waals surface area contributed by atoms with Crippen LogP contribution in [0.2, 0.25) is 0 Å². The zero-order chi connectivity index (χ0) is 12.5. The highest BCUT2D eigenvalue weighted by atomic mass is 15.2. The molecule has 0 spiro atoms. The Morgan fingerprint density at radius 2 is 1.94 bits per heavy atom. The topological polar surface area (TPSA) is 18.5 Å². The third kappa shape index (κ3) is 2.72. The lowest BCUT2D eigenvalue weighted by Gasteiger charge is -2.41. The van der Waals surface area contributed by atoms with E-state index < -0.39 is 0 Å². The summed E-state index contributed by atoms with van der Waals surface area (Å²) in [5.41, 5.74) is 2.83. The zero-order valence-electron chi connectivity index (χ0n) is 11.3. The number of nitrogens with one attached hydrogen (secondary N) is 1. The molecule has 2 rings (SSSR count). The van der Waals surface area contributed by atoms with Crippen LogP contribution in [0.4, 0.5) is 11.4 Å². The minimum absolute atomic E-state index is 0.192. The lowest BCUT2D eigenvalue weighted by molar-refractivity contribution is 0.353. The molecule has 1 heterocycles. The molecular weight excluding hydrogens is 210 g/mol. The van der Waals surface area contributed by atoms with Crippen molar-refractivity contribution in [3.8, 4) is 0 Å². The molecule has 0 atom stereocenters. The Hall–Kier alpha value is -1.22. The summed E-state index contributed by atoms with van der Waals surface area (Å²) in [5, 5.41) is 3.55. The molecule has 1 aromatic carbocycles. The number of para-hydroxylation sites is 2. The summed E-state index contributed by atoms with van der Waals surface area (Å²) >= 11 is 0. The van der Waals surface area contributed by atoms with Crippen LogP contribution >= 0.6 is 0 Å². The van der Waals surface area contributed by atoms with Crippen LogP contribution in [-0.2, 0) is 0 Å². The molecule has 3 heteroatoms. The Bertz CT molecular complexity index is 385. The second kappa shape index (κ2) is 4.57. The van der Waals surface area contributed by atoms with Crippen molar-refractivity contribution < 1.29 is 0 Å². The molecule has 0 aliphatic carbocycles. The highest BCUT2D eigenvalue weighted by Crippen LogP contribution is 2.29. The number of rotatable bonds is 2. The van der Waals surface area contributed by atoms with E-state index in [1.54, 1.807) is 0 Å². The molecule has 0 bridgehead atoms. The number of piperazine rings is 1. The fraction of sp³-hybridized carbons (Fsp3) is 0.571. The van der Waals surface area contributed by atoms with Crippen LogP contribution in [-0.4, -0.2) is 39.3 Å². The molecule has 94 valence electrons. The number of hydrogen-bond donors (Lipinski definition) is 1. The average Bonchev–Trinajstić information content (AvgIpc) is 2.27. The summed E-state index contributed by atoms with van der Waals surface area (Å²) in [6, 6.07) is 8.63. The monoisotopic (exact) mass is 233 g/mol. The van der Waals surface area contributed by atoms with Crippen LogP contribution < -0.4 is 15.1 Å². The fourth-order valence-corrected chi connectivity index (χ4v) is 2.46. The van der Waals surface area contributed by atoms with Gasteiger partial charge in [0.2, 0.25) is 0 Å². The molecule has 1 aliphatic rings. The maximum Gasteiger partial charge on any atom is 0.0604 e. The normalized spacial score (nSPS) is 19.2.